The van der Waals surface area contributed by atoms with Crippen LogP contribution in [0.3, 0.4) is 0 Å². The highest BCUT2D eigenvalue weighted by molar-refractivity contribution is 5.42. The fraction of sp³-hybridized carbons (Fsp3) is 0.600. The summed E-state index contributed by atoms with van der Waals surface area (Å²) >= 11 is 0. The third kappa shape index (κ3) is 3.76. The molecule has 0 heterocycles. The number of para-hydroxylation sites is 1. The van der Waals surface area contributed by atoms with Crippen LogP contribution >= 0.6 is 0 Å². The van der Waals surface area contributed by atoms with Gasteiger partial charge in [0.05, 0.1) is 12.2 Å². The summed E-state index contributed by atoms with van der Waals surface area (Å²) < 4.78 is 104. The summed E-state index contributed by atoms with van der Waals surface area (Å²) in [5, 5.41) is 0. The van der Waals surface area contributed by atoms with Crippen molar-refractivity contribution >= 4 is 0 Å². The van der Waals surface area contributed by atoms with Gasteiger partial charge in [-0.05, 0) is 33.8 Å². The summed E-state index contributed by atoms with van der Waals surface area (Å²) in [4.78, 5) is 0. The van der Waals surface area contributed by atoms with Gasteiger partial charge in [0.1, 0.15) is 0 Å². The van der Waals surface area contributed by atoms with Crippen molar-refractivity contribution in [3.8, 4) is 5.75 Å². The molecule has 0 radical (unpaired) electrons. The van der Waals surface area contributed by atoms with E-state index < -0.39 is 47.3 Å². The minimum atomic E-state index is -5.89. The summed E-state index contributed by atoms with van der Waals surface area (Å²) in [6.07, 6.45) is -14.1. The lowest BCUT2D eigenvalue weighted by Crippen LogP contribution is -2.57. The van der Waals surface area contributed by atoms with Gasteiger partial charge in [-0.2, -0.15) is 26.3 Å². The fourth-order valence-electron chi connectivity index (χ4n) is 2.16. The average molecular weight is 362 g/mol. The first-order valence-electron chi connectivity index (χ1n) is 7.01. The van der Waals surface area contributed by atoms with E-state index in [9.17, 15) is 30.7 Å². The van der Waals surface area contributed by atoms with Gasteiger partial charge in [-0.15, -0.1) is 0 Å². The fourth-order valence-corrected chi connectivity index (χ4v) is 2.16. The predicted octanol–water partition coefficient (Wildman–Crippen LogP) is 5.36. The van der Waals surface area contributed by atoms with Gasteiger partial charge >= 0.3 is 12.4 Å². The first kappa shape index (κ1) is 20.5. The SMILES string of the molecule is CC(C)Oc1c(F)cccc1C(OC(C)C)(C(F)(F)F)C(F)(F)F. The van der Waals surface area contributed by atoms with Crippen molar-refractivity contribution in [2.45, 2.75) is 57.9 Å². The number of hydrogen-bond donors (Lipinski definition) is 0. The highest BCUT2D eigenvalue weighted by Gasteiger charge is 2.74. The Morgan fingerprint density at radius 2 is 1.33 bits per heavy atom. The molecule has 1 aromatic rings. The van der Waals surface area contributed by atoms with Crippen LogP contribution < -0.4 is 4.74 Å². The van der Waals surface area contributed by atoms with Crippen LogP contribution in [0.5, 0.6) is 5.75 Å². The van der Waals surface area contributed by atoms with Crippen molar-refractivity contribution in [2.75, 3.05) is 0 Å². The molecule has 0 spiro atoms. The Morgan fingerprint density at radius 3 is 1.71 bits per heavy atom. The molecular formula is C15H17F7O2. The Labute approximate surface area is 134 Å². The quantitative estimate of drug-likeness (QED) is 0.657. The zero-order valence-electron chi connectivity index (χ0n) is 13.3. The predicted molar refractivity (Wildman–Crippen MR) is 72.2 cm³/mol. The topological polar surface area (TPSA) is 18.5 Å². The number of alkyl halides is 6. The summed E-state index contributed by atoms with van der Waals surface area (Å²) in [7, 11) is 0. The minimum Gasteiger partial charge on any atom is -0.488 e. The molecule has 0 aliphatic rings. The lowest BCUT2D eigenvalue weighted by molar-refractivity contribution is -0.397. The van der Waals surface area contributed by atoms with Crippen molar-refractivity contribution in [2.24, 2.45) is 0 Å². The van der Waals surface area contributed by atoms with E-state index in [0.29, 0.717) is 12.1 Å². The normalized spacial score (nSPS) is 13.7. The van der Waals surface area contributed by atoms with Gasteiger partial charge in [0, 0.05) is 5.56 Å². The number of hydrogen-bond acceptors (Lipinski definition) is 2. The first-order valence-corrected chi connectivity index (χ1v) is 7.01. The van der Waals surface area contributed by atoms with E-state index in [4.69, 9.17) is 4.74 Å². The molecule has 138 valence electrons. The van der Waals surface area contributed by atoms with Crippen LogP contribution in [0.4, 0.5) is 30.7 Å². The highest BCUT2D eigenvalue weighted by atomic mass is 19.4. The third-order valence-electron chi connectivity index (χ3n) is 2.91. The molecule has 2 nitrogen and oxygen atoms in total. The molecule has 0 aromatic heterocycles. The maximum absolute atomic E-state index is 13.9. The van der Waals surface area contributed by atoms with Crippen molar-refractivity contribution in [3.63, 3.8) is 0 Å². The van der Waals surface area contributed by atoms with Crippen molar-refractivity contribution < 1.29 is 40.2 Å². The molecule has 0 aliphatic heterocycles. The molecular weight excluding hydrogens is 345 g/mol. The second-order valence-corrected chi connectivity index (χ2v) is 5.63. The second-order valence-electron chi connectivity index (χ2n) is 5.63. The number of halogens is 7. The Balaban J connectivity index is 3.83. The van der Waals surface area contributed by atoms with Gasteiger partial charge in [-0.25, -0.2) is 4.39 Å². The van der Waals surface area contributed by atoms with Crippen molar-refractivity contribution in [1.82, 2.24) is 0 Å². The van der Waals surface area contributed by atoms with Crippen LogP contribution in [0, 0.1) is 5.82 Å². The largest absolute Gasteiger partial charge is 0.488 e. The molecule has 1 aromatic carbocycles. The standard InChI is InChI=1S/C15H17F7O2/c1-8(2)23-12-10(6-5-7-11(12)16)13(14(17,18)19,15(20,21)22)24-9(3)4/h5-9H,1-4H3. The van der Waals surface area contributed by atoms with Crippen LogP contribution in [0.15, 0.2) is 18.2 Å². The van der Waals surface area contributed by atoms with Gasteiger partial charge in [-0.1, -0.05) is 12.1 Å². The maximum Gasteiger partial charge on any atom is 0.431 e. The van der Waals surface area contributed by atoms with Gasteiger partial charge < -0.3 is 9.47 Å². The number of rotatable bonds is 5. The van der Waals surface area contributed by atoms with Gasteiger partial charge in [0.15, 0.2) is 11.6 Å². The first-order chi connectivity index (χ1) is 10.7. The van der Waals surface area contributed by atoms with Crippen LogP contribution in [-0.2, 0) is 10.3 Å². The Hall–Kier alpha value is -1.51. The van der Waals surface area contributed by atoms with Crippen LogP contribution in [0.2, 0.25) is 0 Å². The van der Waals surface area contributed by atoms with E-state index in [1.807, 2.05) is 0 Å². The lowest BCUT2D eigenvalue weighted by atomic mass is 9.90. The number of benzene rings is 1. The zero-order valence-corrected chi connectivity index (χ0v) is 13.3. The molecule has 0 saturated carbocycles. The molecule has 0 N–H and O–H groups in total. The van der Waals surface area contributed by atoms with Crippen LogP contribution in [0.25, 0.3) is 0 Å². The van der Waals surface area contributed by atoms with Crippen LogP contribution in [-0.4, -0.2) is 24.6 Å². The molecule has 0 bridgehead atoms. The monoisotopic (exact) mass is 362 g/mol. The Morgan fingerprint density at radius 1 is 0.833 bits per heavy atom. The van der Waals surface area contributed by atoms with Crippen molar-refractivity contribution in [1.29, 1.82) is 0 Å². The smallest absolute Gasteiger partial charge is 0.431 e. The molecule has 0 saturated heterocycles. The molecule has 0 aliphatic carbocycles. The molecule has 9 heteroatoms. The number of ether oxygens (including phenoxy) is 2. The average Bonchev–Trinajstić information content (AvgIpc) is 2.35. The van der Waals surface area contributed by atoms with E-state index >= 15 is 0 Å². The Kier molecular flexibility index (Phi) is 5.80. The van der Waals surface area contributed by atoms with E-state index in [0.717, 1.165) is 19.9 Å². The highest BCUT2D eigenvalue weighted by Crippen LogP contribution is 2.56. The lowest BCUT2D eigenvalue weighted by Gasteiger charge is -2.39. The molecule has 24 heavy (non-hydrogen) atoms. The maximum atomic E-state index is 13.9. The van der Waals surface area contributed by atoms with Crippen LogP contribution in [0.1, 0.15) is 33.3 Å². The molecule has 0 amide bonds. The minimum absolute atomic E-state index is 0.504. The summed E-state index contributed by atoms with van der Waals surface area (Å²) in [6, 6.07) is 1.96. The summed E-state index contributed by atoms with van der Waals surface area (Å²) in [5.41, 5.74) is -6.18. The van der Waals surface area contributed by atoms with E-state index in [1.165, 1.54) is 13.8 Å². The Bertz CT molecular complexity index is 548. The molecule has 0 atom stereocenters. The van der Waals surface area contributed by atoms with Gasteiger partial charge in [0.25, 0.3) is 5.60 Å². The van der Waals surface area contributed by atoms with Crippen molar-refractivity contribution in [3.05, 3.63) is 29.6 Å². The van der Waals surface area contributed by atoms with Gasteiger partial charge in [-0.3, -0.25) is 0 Å². The molecule has 1 rings (SSSR count). The summed E-state index contributed by atoms with van der Waals surface area (Å²) in [6.45, 7) is 4.74. The zero-order chi connectivity index (χ0) is 18.9. The van der Waals surface area contributed by atoms with Gasteiger partial charge in [0.2, 0.25) is 0 Å². The van der Waals surface area contributed by atoms with E-state index in [2.05, 4.69) is 4.74 Å². The van der Waals surface area contributed by atoms with E-state index in [1.54, 1.807) is 0 Å². The molecule has 0 fully saturated rings. The molecule has 0 unspecified atom stereocenters. The summed E-state index contributed by atoms with van der Waals surface area (Å²) in [5.74, 6) is -2.48. The van der Waals surface area contributed by atoms with E-state index in [-0.39, 0.29) is 0 Å². The second kappa shape index (κ2) is 6.78. The third-order valence-corrected chi connectivity index (χ3v) is 2.91.